The number of fused-ring (bicyclic) bond motifs is 3. The summed E-state index contributed by atoms with van der Waals surface area (Å²) < 4.78 is 7.07. The summed E-state index contributed by atoms with van der Waals surface area (Å²) in [6, 6.07) is 2.40. The van der Waals surface area contributed by atoms with Gasteiger partial charge < -0.3 is 9.64 Å². The molecule has 22 heavy (non-hydrogen) atoms. The van der Waals surface area contributed by atoms with Crippen LogP contribution in [0.1, 0.15) is 48.7 Å². The molecule has 0 radical (unpaired) electrons. The molecule has 6 nitrogen and oxygen atoms in total. The maximum atomic E-state index is 12.3. The second-order valence-corrected chi connectivity index (χ2v) is 5.97. The van der Waals surface area contributed by atoms with Crippen LogP contribution in [-0.4, -0.2) is 39.8 Å². The fourth-order valence-electron chi connectivity index (χ4n) is 3.76. The molecule has 0 amide bonds. The Hall–Kier alpha value is -2.11. The predicted molar refractivity (Wildman–Crippen MR) is 82.2 cm³/mol. The third kappa shape index (κ3) is 1.97. The van der Waals surface area contributed by atoms with Crippen LogP contribution >= 0.6 is 0 Å². The van der Waals surface area contributed by atoms with Crippen molar-refractivity contribution in [2.45, 2.75) is 45.1 Å². The van der Waals surface area contributed by atoms with Gasteiger partial charge in [0.25, 0.3) is 0 Å². The van der Waals surface area contributed by atoms with E-state index < -0.39 is 0 Å². The van der Waals surface area contributed by atoms with Gasteiger partial charge in [0, 0.05) is 24.2 Å². The maximum absolute atomic E-state index is 12.3. The van der Waals surface area contributed by atoms with Crippen LogP contribution < -0.4 is 4.90 Å². The third-order valence-corrected chi connectivity index (χ3v) is 4.71. The number of ether oxygens (including phenoxy) is 1. The van der Waals surface area contributed by atoms with Crippen LogP contribution in [0.5, 0.6) is 0 Å². The standard InChI is InChI=1S/C16H20N4O2/c1-2-22-16(21)14-12-8-10-19(11-5-3-4-6-11)15(12)20-13(18-14)7-9-17-20/h7,9,11H,2-6,8,10H2,1H3. The van der Waals surface area contributed by atoms with E-state index in [1.54, 1.807) is 6.20 Å². The molecule has 2 aromatic rings. The zero-order valence-corrected chi connectivity index (χ0v) is 12.8. The number of rotatable bonds is 3. The average molecular weight is 300 g/mol. The number of esters is 1. The predicted octanol–water partition coefficient (Wildman–Crippen LogP) is 2.21. The van der Waals surface area contributed by atoms with Gasteiger partial charge in [-0.15, -0.1) is 0 Å². The lowest BCUT2D eigenvalue weighted by molar-refractivity contribution is 0.0518. The average Bonchev–Trinajstić information content (AvgIpc) is 3.24. The summed E-state index contributed by atoms with van der Waals surface area (Å²) in [6.45, 7) is 3.12. The molecule has 6 heteroatoms. The van der Waals surface area contributed by atoms with Crippen molar-refractivity contribution in [2.24, 2.45) is 0 Å². The fraction of sp³-hybridized carbons (Fsp3) is 0.562. The van der Waals surface area contributed by atoms with E-state index in [1.165, 1.54) is 25.7 Å². The summed E-state index contributed by atoms with van der Waals surface area (Å²) in [5, 5.41) is 4.42. The van der Waals surface area contributed by atoms with Crippen LogP contribution in [0.25, 0.3) is 5.65 Å². The summed E-state index contributed by atoms with van der Waals surface area (Å²) in [6.07, 6.45) is 7.59. The van der Waals surface area contributed by atoms with Gasteiger partial charge in [-0.1, -0.05) is 12.8 Å². The first-order chi connectivity index (χ1) is 10.8. The highest BCUT2D eigenvalue weighted by Gasteiger charge is 2.34. The Kier molecular flexibility index (Phi) is 3.24. The Morgan fingerprint density at radius 2 is 2.23 bits per heavy atom. The monoisotopic (exact) mass is 300 g/mol. The number of hydrogen-bond donors (Lipinski definition) is 0. The van der Waals surface area contributed by atoms with Crippen molar-refractivity contribution >= 4 is 17.4 Å². The summed E-state index contributed by atoms with van der Waals surface area (Å²) in [5.74, 6) is 0.723. The van der Waals surface area contributed by atoms with Gasteiger partial charge in [-0.2, -0.15) is 9.61 Å². The molecule has 4 rings (SSSR count). The topological polar surface area (TPSA) is 59.7 Å². The minimum absolute atomic E-state index is 0.323. The molecule has 0 spiro atoms. The molecule has 0 unspecified atom stereocenters. The number of hydrogen-bond acceptors (Lipinski definition) is 5. The van der Waals surface area contributed by atoms with Gasteiger partial charge in [0.1, 0.15) is 5.82 Å². The summed E-state index contributed by atoms with van der Waals surface area (Å²) in [7, 11) is 0. The van der Waals surface area contributed by atoms with E-state index in [1.807, 2.05) is 17.5 Å². The van der Waals surface area contributed by atoms with Gasteiger partial charge >= 0.3 is 5.97 Å². The van der Waals surface area contributed by atoms with Crippen LogP contribution in [0.2, 0.25) is 0 Å². The lowest BCUT2D eigenvalue weighted by atomic mass is 10.2. The first-order valence-corrected chi connectivity index (χ1v) is 8.10. The molecule has 116 valence electrons. The van der Waals surface area contributed by atoms with Crippen molar-refractivity contribution in [3.63, 3.8) is 0 Å². The second-order valence-electron chi connectivity index (χ2n) is 5.97. The second kappa shape index (κ2) is 5.26. The minimum Gasteiger partial charge on any atom is -0.461 e. The molecule has 0 bridgehead atoms. The normalized spacial score (nSPS) is 18.1. The van der Waals surface area contributed by atoms with Gasteiger partial charge in [-0.05, 0) is 26.2 Å². The third-order valence-electron chi connectivity index (χ3n) is 4.71. The molecule has 3 heterocycles. The van der Waals surface area contributed by atoms with Gasteiger partial charge in [-0.3, -0.25) is 0 Å². The highest BCUT2D eigenvalue weighted by molar-refractivity contribution is 5.91. The fourth-order valence-corrected chi connectivity index (χ4v) is 3.76. The molecule has 0 aromatic carbocycles. The molecule has 2 aromatic heterocycles. The number of anilines is 1. The van der Waals surface area contributed by atoms with Crippen LogP contribution in [0.3, 0.4) is 0 Å². The molecule has 1 aliphatic carbocycles. The molecule has 1 aliphatic heterocycles. The Bertz CT molecular complexity index is 718. The Labute approximate surface area is 129 Å². The largest absolute Gasteiger partial charge is 0.461 e. The minimum atomic E-state index is -0.323. The molecule has 2 aliphatic rings. The van der Waals surface area contributed by atoms with Crippen molar-refractivity contribution in [1.29, 1.82) is 0 Å². The number of carbonyl (C=O) groups is 1. The van der Waals surface area contributed by atoms with Gasteiger partial charge in [0.15, 0.2) is 11.3 Å². The van der Waals surface area contributed by atoms with Crippen molar-refractivity contribution in [3.8, 4) is 0 Å². The lowest BCUT2D eigenvalue weighted by Gasteiger charge is -2.27. The quantitative estimate of drug-likeness (QED) is 0.813. The molecule has 0 N–H and O–H groups in total. The van der Waals surface area contributed by atoms with E-state index in [0.29, 0.717) is 24.0 Å². The van der Waals surface area contributed by atoms with E-state index in [4.69, 9.17) is 4.74 Å². The maximum Gasteiger partial charge on any atom is 0.357 e. The molecular formula is C16H20N4O2. The Balaban J connectivity index is 1.85. The van der Waals surface area contributed by atoms with Crippen LogP contribution in [0.15, 0.2) is 12.3 Å². The highest BCUT2D eigenvalue weighted by Crippen LogP contribution is 2.36. The Morgan fingerprint density at radius 1 is 1.41 bits per heavy atom. The van der Waals surface area contributed by atoms with E-state index in [0.717, 1.165) is 24.3 Å². The number of carbonyl (C=O) groups excluding carboxylic acids is 1. The summed E-state index contributed by atoms with van der Waals surface area (Å²) in [4.78, 5) is 19.2. The summed E-state index contributed by atoms with van der Waals surface area (Å²) in [5.41, 5.74) is 2.17. The Morgan fingerprint density at radius 3 is 3.00 bits per heavy atom. The highest BCUT2D eigenvalue weighted by atomic mass is 16.5. The number of nitrogens with zero attached hydrogens (tertiary/aromatic N) is 4. The van der Waals surface area contributed by atoms with E-state index in [-0.39, 0.29) is 5.97 Å². The van der Waals surface area contributed by atoms with Crippen molar-refractivity contribution in [2.75, 3.05) is 18.1 Å². The van der Waals surface area contributed by atoms with E-state index in [2.05, 4.69) is 15.0 Å². The lowest BCUT2D eigenvalue weighted by Crippen LogP contribution is -2.32. The van der Waals surface area contributed by atoms with E-state index in [9.17, 15) is 4.79 Å². The SMILES string of the molecule is CCOC(=O)c1nc2ccnn2c2c1CCN2C1CCCC1. The smallest absolute Gasteiger partial charge is 0.357 e. The zero-order valence-electron chi connectivity index (χ0n) is 12.8. The first-order valence-electron chi connectivity index (χ1n) is 8.10. The molecule has 1 saturated carbocycles. The first kappa shape index (κ1) is 13.5. The van der Waals surface area contributed by atoms with Crippen LogP contribution in [-0.2, 0) is 11.2 Å². The number of aromatic nitrogens is 3. The van der Waals surface area contributed by atoms with Gasteiger partial charge in [0.2, 0.25) is 0 Å². The van der Waals surface area contributed by atoms with Crippen molar-refractivity contribution in [1.82, 2.24) is 14.6 Å². The van der Waals surface area contributed by atoms with Crippen molar-refractivity contribution < 1.29 is 9.53 Å². The molecule has 0 saturated heterocycles. The molecular weight excluding hydrogens is 280 g/mol. The van der Waals surface area contributed by atoms with Gasteiger partial charge in [0.05, 0.1) is 12.8 Å². The molecule has 1 fully saturated rings. The van der Waals surface area contributed by atoms with Crippen LogP contribution in [0.4, 0.5) is 5.82 Å². The van der Waals surface area contributed by atoms with Crippen molar-refractivity contribution in [3.05, 3.63) is 23.5 Å². The van der Waals surface area contributed by atoms with Crippen LogP contribution in [0, 0.1) is 0 Å². The van der Waals surface area contributed by atoms with E-state index >= 15 is 0 Å². The zero-order chi connectivity index (χ0) is 15.1. The summed E-state index contributed by atoms with van der Waals surface area (Å²) >= 11 is 0. The molecule has 0 atom stereocenters. The van der Waals surface area contributed by atoms with Gasteiger partial charge in [-0.25, -0.2) is 9.78 Å².